The Morgan fingerprint density at radius 2 is 2.17 bits per heavy atom. The molecule has 66 valence electrons. The van der Waals surface area contributed by atoms with Crippen LogP contribution in [0, 0.1) is 5.92 Å². The lowest BCUT2D eigenvalue weighted by atomic mass is 10.00. The average Bonchev–Trinajstić information content (AvgIpc) is 2.88. The van der Waals surface area contributed by atoms with Gasteiger partial charge in [-0.3, -0.25) is 0 Å². The maximum atomic E-state index is 13.2. The van der Waals surface area contributed by atoms with Gasteiger partial charge < -0.3 is 0 Å². The number of halogens is 1. The lowest BCUT2D eigenvalue weighted by Gasteiger charge is -2.07. The lowest BCUT2D eigenvalue weighted by Crippen LogP contribution is -1.92. The Morgan fingerprint density at radius 1 is 1.58 bits per heavy atom. The van der Waals surface area contributed by atoms with Gasteiger partial charge in [0.15, 0.2) is 0 Å². The van der Waals surface area contributed by atoms with Crippen molar-refractivity contribution in [2.24, 2.45) is 5.92 Å². The van der Waals surface area contributed by atoms with E-state index in [1.165, 1.54) is 6.08 Å². The van der Waals surface area contributed by atoms with Crippen molar-refractivity contribution in [2.45, 2.75) is 26.2 Å². The average molecular weight is 166 g/mol. The van der Waals surface area contributed by atoms with Gasteiger partial charge in [0.1, 0.15) is 5.83 Å². The molecule has 0 unspecified atom stereocenters. The first kappa shape index (κ1) is 9.24. The van der Waals surface area contributed by atoms with Gasteiger partial charge in [0.2, 0.25) is 0 Å². The number of hydrogen-bond donors (Lipinski definition) is 0. The molecule has 0 saturated heterocycles. The van der Waals surface area contributed by atoms with Gasteiger partial charge in [0.05, 0.1) is 0 Å². The standard InChI is InChI=1S/C11H15F/c1-4-8(3)11(9-6-7-9)10(12)5-2/h5,9H,2-4,6-7H2,1H3/b11-10-. The van der Waals surface area contributed by atoms with Crippen molar-refractivity contribution in [2.75, 3.05) is 0 Å². The maximum Gasteiger partial charge on any atom is 0.126 e. The SMILES string of the molecule is C=C/C(F)=C(\C(=C)CC)C1CC1. The molecule has 0 aliphatic heterocycles. The summed E-state index contributed by atoms with van der Waals surface area (Å²) in [6, 6.07) is 0. The highest BCUT2D eigenvalue weighted by Crippen LogP contribution is 2.42. The summed E-state index contributed by atoms with van der Waals surface area (Å²) in [5.41, 5.74) is 1.74. The van der Waals surface area contributed by atoms with Crippen molar-refractivity contribution in [3.63, 3.8) is 0 Å². The summed E-state index contributed by atoms with van der Waals surface area (Å²) in [7, 11) is 0. The fourth-order valence-electron chi connectivity index (χ4n) is 1.32. The zero-order valence-corrected chi connectivity index (χ0v) is 7.57. The Morgan fingerprint density at radius 3 is 2.50 bits per heavy atom. The van der Waals surface area contributed by atoms with Crippen LogP contribution in [-0.2, 0) is 0 Å². The minimum Gasteiger partial charge on any atom is -0.207 e. The van der Waals surface area contributed by atoms with Crippen LogP contribution in [0.25, 0.3) is 0 Å². The van der Waals surface area contributed by atoms with Gasteiger partial charge in [-0.2, -0.15) is 0 Å². The number of allylic oxidation sites excluding steroid dienone is 4. The third-order valence-electron chi connectivity index (χ3n) is 2.23. The van der Waals surface area contributed by atoms with Crippen LogP contribution in [0.2, 0.25) is 0 Å². The number of rotatable bonds is 4. The van der Waals surface area contributed by atoms with Crippen LogP contribution in [0.4, 0.5) is 4.39 Å². The predicted octanol–water partition coefficient (Wildman–Crippen LogP) is 3.77. The molecule has 1 saturated carbocycles. The van der Waals surface area contributed by atoms with Crippen LogP contribution >= 0.6 is 0 Å². The molecule has 1 aliphatic carbocycles. The molecule has 0 aromatic rings. The zero-order valence-electron chi connectivity index (χ0n) is 7.57. The van der Waals surface area contributed by atoms with Crippen LogP contribution in [0.1, 0.15) is 26.2 Å². The van der Waals surface area contributed by atoms with Crippen molar-refractivity contribution in [3.8, 4) is 0 Å². The third kappa shape index (κ3) is 1.84. The molecule has 0 bridgehead atoms. The minimum atomic E-state index is -0.177. The molecule has 0 nitrogen and oxygen atoms in total. The second kappa shape index (κ2) is 3.70. The Labute approximate surface area is 73.5 Å². The van der Waals surface area contributed by atoms with Crippen LogP contribution < -0.4 is 0 Å². The van der Waals surface area contributed by atoms with E-state index in [0.29, 0.717) is 5.92 Å². The molecule has 0 aromatic heterocycles. The molecular weight excluding hydrogens is 151 g/mol. The molecule has 0 aromatic carbocycles. The summed E-state index contributed by atoms with van der Waals surface area (Å²) in [6.07, 6.45) is 4.33. The molecular formula is C11H15F. The summed E-state index contributed by atoms with van der Waals surface area (Å²) >= 11 is 0. The van der Waals surface area contributed by atoms with Crippen LogP contribution in [0.15, 0.2) is 36.2 Å². The molecule has 12 heavy (non-hydrogen) atoms. The van der Waals surface area contributed by atoms with Gasteiger partial charge in [-0.1, -0.05) is 20.1 Å². The molecule has 0 amide bonds. The Bertz CT molecular complexity index is 231. The van der Waals surface area contributed by atoms with E-state index in [0.717, 1.165) is 30.4 Å². The summed E-state index contributed by atoms with van der Waals surface area (Å²) in [6.45, 7) is 9.29. The van der Waals surface area contributed by atoms with E-state index >= 15 is 0 Å². The van der Waals surface area contributed by atoms with Gasteiger partial charge in [0, 0.05) is 0 Å². The van der Waals surface area contributed by atoms with E-state index in [4.69, 9.17) is 0 Å². The highest BCUT2D eigenvalue weighted by atomic mass is 19.1. The third-order valence-corrected chi connectivity index (χ3v) is 2.23. The van der Waals surface area contributed by atoms with Crippen molar-refractivity contribution >= 4 is 0 Å². The van der Waals surface area contributed by atoms with Gasteiger partial charge in [-0.15, -0.1) is 0 Å². The first-order valence-electron chi connectivity index (χ1n) is 4.41. The van der Waals surface area contributed by atoms with E-state index in [2.05, 4.69) is 13.2 Å². The van der Waals surface area contributed by atoms with Crippen molar-refractivity contribution in [1.29, 1.82) is 0 Å². The molecule has 0 atom stereocenters. The predicted molar refractivity (Wildman–Crippen MR) is 50.5 cm³/mol. The summed E-state index contributed by atoms with van der Waals surface area (Å²) < 4.78 is 13.2. The minimum absolute atomic E-state index is 0.177. The molecule has 0 spiro atoms. The monoisotopic (exact) mass is 166 g/mol. The highest BCUT2D eigenvalue weighted by Gasteiger charge is 2.29. The Kier molecular flexibility index (Phi) is 2.85. The molecule has 1 fully saturated rings. The van der Waals surface area contributed by atoms with E-state index in [1.54, 1.807) is 0 Å². The highest BCUT2D eigenvalue weighted by molar-refractivity contribution is 5.38. The van der Waals surface area contributed by atoms with Crippen LogP contribution in [0.5, 0.6) is 0 Å². The summed E-state index contributed by atoms with van der Waals surface area (Å²) in [5.74, 6) is 0.250. The molecule has 0 N–H and O–H groups in total. The van der Waals surface area contributed by atoms with Gasteiger partial charge in [-0.05, 0) is 42.4 Å². The van der Waals surface area contributed by atoms with Crippen molar-refractivity contribution in [1.82, 2.24) is 0 Å². The quantitative estimate of drug-likeness (QED) is 0.558. The second-order valence-electron chi connectivity index (χ2n) is 3.20. The second-order valence-corrected chi connectivity index (χ2v) is 3.20. The smallest absolute Gasteiger partial charge is 0.126 e. The zero-order chi connectivity index (χ0) is 9.14. The lowest BCUT2D eigenvalue weighted by molar-refractivity contribution is 0.644. The van der Waals surface area contributed by atoms with E-state index in [9.17, 15) is 4.39 Å². The van der Waals surface area contributed by atoms with Gasteiger partial charge in [-0.25, -0.2) is 4.39 Å². The first-order valence-corrected chi connectivity index (χ1v) is 4.41. The molecule has 1 aliphatic rings. The fourth-order valence-corrected chi connectivity index (χ4v) is 1.32. The number of hydrogen-bond acceptors (Lipinski definition) is 0. The molecule has 1 rings (SSSR count). The van der Waals surface area contributed by atoms with E-state index in [-0.39, 0.29) is 5.83 Å². The molecule has 0 radical (unpaired) electrons. The Hall–Kier alpha value is -0.850. The van der Waals surface area contributed by atoms with E-state index in [1.807, 2.05) is 6.92 Å². The summed E-state index contributed by atoms with van der Waals surface area (Å²) in [4.78, 5) is 0. The topological polar surface area (TPSA) is 0 Å². The molecule has 0 heterocycles. The summed E-state index contributed by atoms with van der Waals surface area (Å²) in [5, 5.41) is 0. The maximum absolute atomic E-state index is 13.2. The van der Waals surface area contributed by atoms with Crippen LogP contribution in [-0.4, -0.2) is 0 Å². The molecule has 1 heteroatoms. The Balaban J connectivity index is 2.86. The van der Waals surface area contributed by atoms with Crippen molar-refractivity contribution < 1.29 is 4.39 Å². The normalized spacial score (nSPS) is 18.5. The fraction of sp³-hybridized carbons (Fsp3) is 0.455. The van der Waals surface area contributed by atoms with Gasteiger partial charge in [0.25, 0.3) is 0 Å². The largest absolute Gasteiger partial charge is 0.207 e. The van der Waals surface area contributed by atoms with Crippen molar-refractivity contribution in [3.05, 3.63) is 36.2 Å². The van der Waals surface area contributed by atoms with Crippen LogP contribution in [0.3, 0.4) is 0 Å². The van der Waals surface area contributed by atoms with E-state index < -0.39 is 0 Å². The van der Waals surface area contributed by atoms with Gasteiger partial charge >= 0.3 is 0 Å². The first-order chi connectivity index (χ1) is 5.70.